The molecule has 0 unspecified atom stereocenters. The molecule has 0 saturated carbocycles. The number of anilines is 2. The molecule has 0 aromatic heterocycles. The third kappa shape index (κ3) is 3.62. The highest BCUT2D eigenvalue weighted by atomic mass is 32.1. The van der Waals surface area contributed by atoms with Crippen molar-refractivity contribution in [3.8, 4) is 23.0 Å². The molecule has 0 atom stereocenters. The van der Waals surface area contributed by atoms with Crippen molar-refractivity contribution < 1.29 is 18.9 Å². The van der Waals surface area contributed by atoms with Crippen LogP contribution < -0.4 is 29.6 Å². The van der Waals surface area contributed by atoms with Crippen molar-refractivity contribution in [3.05, 3.63) is 36.4 Å². The summed E-state index contributed by atoms with van der Waals surface area (Å²) in [6, 6.07) is 11.1. The first kappa shape index (κ1) is 16.2. The summed E-state index contributed by atoms with van der Waals surface area (Å²) in [4.78, 5) is 0. The van der Waals surface area contributed by atoms with Crippen LogP contribution in [0.4, 0.5) is 11.4 Å². The fraction of sp³-hybridized carbons (Fsp3) is 0.235. The monoisotopic (exact) mass is 346 g/mol. The molecule has 2 aromatic carbocycles. The second-order valence-corrected chi connectivity index (χ2v) is 5.41. The molecule has 0 spiro atoms. The fourth-order valence-electron chi connectivity index (χ4n) is 2.31. The zero-order valence-corrected chi connectivity index (χ0v) is 14.2. The van der Waals surface area contributed by atoms with Crippen LogP contribution in [0.1, 0.15) is 0 Å². The minimum atomic E-state index is 0.440. The largest absolute Gasteiger partial charge is 0.497 e. The van der Waals surface area contributed by atoms with Gasteiger partial charge in [0.15, 0.2) is 16.6 Å². The quantitative estimate of drug-likeness (QED) is 0.824. The van der Waals surface area contributed by atoms with Gasteiger partial charge < -0.3 is 29.6 Å². The van der Waals surface area contributed by atoms with E-state index in [1.165, 1.54) is 0 Å². The summed E-state index contributed by atoms with van der Waals surface area (Å²) in [7, 11) is 3.20. The molecule has 1 aliphatic rings. The predicted molar refractivity (Wildman–Crippen MR) is 96.8 cm³/mol. The van der Waals surface area contributed by atoms with Gasteiger partial charge in [0.1, 0.15) is 24.7 Å². The van der Waals surface area contributed by atoms with Gasteiger partial charge in [-0.15, -0.1) is 0 Å². The first-order valence-corrected chi connectivity index (χ1v) is 7.80. The molecular formula is C17H18N2O4S. The van der Waals surface area contributed by atoms with Crippen LogP contribution in [0.3, 0.4) is 0 Å². The van der Waals surface area contributed by atoms with E-state index in [-0.39, 0.29) is 0 Å². The molecule has 0 fully saturated rings. The normalized spacial score (nSPS) is 12.2. The lowest BCUT2D eigenvalue weighted by atomic mass is 10.2. The van der Waals surface area contributed by atoms with Gasteiger partial charge in [0.25, 0.3) is 0 Å². The lowest BCUT2D eigenvalue weighted by Crippen LogP contribution is -2.20. The summed E-state index contributed by atoms with van der Waals surface area (Å²) >= 11 is 5.36. The lowest BCUT2D eigenvalue weighted by Gasteiger charge is -2.19. The number of rotatable bonds is 4. The van der Waals surface area contributed by atoms with E-state index in [2.05, 4.69) is 10.6 Å². The Morgan fingerprint density at radius 1 is 0.958 bits per heavy atom. The second kappa shape index (κ2) is 7.27. The molecule has 0 radical (unpaired) electrons. The van der Waals surface area contributed by atoms with E-state index in [0.29, 0.717) is 35.6 Å². The van der Waals surface area contributed by atoms with Crippen LogP contribution in [0, 0.1) is 0 Å². The van der Waals surface area contributed by atoms with Gasteiger partial charge in [-0.25, -0.2) is 0 Å². The third-order valence-electron chi connectivity index (χ3n) is 3.46. The Kier molecular flexibility index (Phi) is 4.90. The van der Waals surface area contributed by atoms with Crippen molar-refractivity contribution in [2.75, 3.05) is 38.1 Å². The minimum Gasteiger partial charge on any atom is -0.497 e. The summed E-state index contributed by atoms with van der Waals surface area (Å²) in [5.41, 5.74) is 1.55. The van der Waals surface area contributed by atoms with Crippen molar-refractivity contribution in [2.24, 2.45) is 0 Å². The average molecular weight is 346 g/mol. The zero-order valence-electron chi connectivity index (χ0n) is 13.4. The van der Waals surface area contributed by atoms with E-state index in [0.717, 1.165) is 17.1 Å². The van der Waals surface area contributed by atoms with Gasteiger partial charge in [0.05, 0.1) is 19.9 Å². The Balaban J connectivity index is 1.69. The smallest absolute Gasteiger partial charge is 0.175 e. The van der Waals surface area contributed by atoms with Crippen molar-refractivity contribution in [1.29, 1.82) is 0 Å². The maximum atomic E-state index is 5.56. The molecule has 0 amide bonds. The fourth-order valence-corrected chi connectivity index (χ4v) is 2.54. The second-order valence-electron chi connectivity index (χ2n) is 5.00. The van der Waals surface area contributed by atoms with Crippen LogP contribution in [-0.4, -0.2) is 32.5 Å². The number of methoxy groups -OCH3 is 2. The van der Waals surface area contributed by atoms with E-state index >= 15 is 0 Å². The standard InChI is InChI=1S/C17H18N2O4S/c1-20-12-4-5-13(15(10-12)21-2)19-17(24)18-11-3-6-14-16(9-11)23-8-7-22-14/h3-6,9-10H,7-8H2,1-2H3,(H2,18,19,24). The number of hydrogen-bond donors (Lipinski definition) is 2. The summed E-state index contributed by atoms with van der Waals surface area (Å²) < 4.78 is 21.6. The molecule has 2 N–H and O–H groups in total. The average Bonchev–Trinajstić information content (AvgIpc) is 2.62. The summed E-state index contributed by atoms with van der Waals surface area (Å²) in [5, 5.41) is 6.67. The van der Waals surface area contributed by atoms with Gasteiger partial charge in [-0.1, -0.05) is 0 Å². The highest BCUT2D eigenvalue weighted by molar-refractivity contribution is 7.80. The third-order valence-corrected chi connectivity index (χ3v) is 3.66. The maximum Gasteiger partial charge on any atom is 0.175 e. The van der Waals surface area contributed by atoms with Crippen molar-refractivity contribution in [2.45, 2.75) is 0 Å². The molecule has 126 valence electrons. The Morgan fingerprint density at radius 3 is 2.50 bits per heavy atom. The van der Waals surface area contributed by atoms with Gasteiger partial charge in [-0.05, 0) is 36.5 Å². The van der Waals surface area contributed by atoms with Crippen LogP contribution in [0.5, 0.6) is 23.0 Å². The highest BCUT2D eigenvalue weighted by Crippen LogP contribution is 2.33. The van der Waals surface area contributed by atoms with Gasteiger partial charge in [0.2, 0.25) is 0 Å². The molecule has 1 aliphatic heterocycles. The topological polar surface area (TPSA) is 61.0 Å². The lowest BCUT2D eigenvalue weighted by molar-refractivity contribution is 0.171. The Labute approximate surface area is 145 Å². The van der Waals surface area contributed by atoms with Crippen LogP contribution in [0.2, 0.25) is 0 Å². The van der Waals surface area contributed by atoms with Crippen molar-refractivity contribution in [3.63, 3.8) is 0 Å². The van der Waals surface area contributed by atoms with Crippen molar-refractivity contribution >= 4 is 28.7 Å². The van der Waals surface area contributed by atoms with Crippen LogP contribution in [-0.2, 0) is 0 Å². The number of hydrogen-bond acceptors (Lipinski definition) is 5. The van der Waals surface area contributed by atoms with Gasteiger partial charge in [-0.3, -0.25) is 0 Å². The number of benzene rings is 2. The number of thiocarbonyl (C=S) groups is 1. The molecule has 0 saturated heterocycles. The molecule has 6 nitrogen and oxygen atoms in total. The number of nitrogens with one attached hydrogen (secondary N) is 2. The SMILES string of the molecule is COc1ccc(NC(=S)Nc2ccc3c(c2)OCCO3)c(OC)c1. The van der Waals surface area contributed by atoms with E-state index in [4.69, 9.17) is 31.2 Å². The van der Waals surface area contributed by atoms with E-state index in [1.54, 1.807) is 20.3 Å². The van der Waals surface area contributed by atoms with Gasteiger partial charge >= 0.3 is 0 Å². The van der Waals surface area contributed by atoms with E-state index in [9.17, 15) is 0 Å². The summed E-state index contributed by atoms with van der Waals surface area (Å²) in [5.74, 6) is 2.79. The predicted octanol–water partition coefficient (Wildman–Crippen LogP) is 3.28. The minimum absolute atomic E-state index is 0.440. The first-order valence-electron chi connectivity index (χ1n) is 7.39. The zero-order chi connectivity index (χ0) is 16.9. The highest BCUT2D eigenvalue weighted by Gasteiger charge is 2.12. The molecular weight excluding hydrogens is 328 g/mol. The van der Waals surface area contributed by atoms with Crippen LogP contribution >= 0.6 is 12.2 Å². The Morgan fingerprint density at radius 2 is 1.75 bits per heavy atom. The van der Waals surface area contributed by atoms with Crippen LogP contribution in [0.15, 0.2) is 36.4 Å². The number of fused-ring (bicyclic) bond motifs is 1. The molecule has 1 heterocycles. The molecule has 24 heavy (non-hydrogen) atoms. The van der Waals surface area contributed by atoms with Gasteiger partial charge in [0, 0.05) is 17.8 Å². The molecule has 2 aromatic rings. The maximum absolute atomic E-state index is 5.56. The van der Waals surface area contributed by atoms with Crippen LogP contribution in [0.25, 0.3) is 0 Å². The number of ether oxygens (including phenoxy) is 4. The molecule has 3 rings (SSSR count). The van der Waals surface area contributed by atoms with E-state index in [1.807, 2.05) is 30.3 Å². The van der Waals surface area contributed by atoms with E-state index < -0.39 is 0 Å². The molecule has 0 bridgehead atoms. The van der Waals surface area contributed by atoms with Gasteiger partial charge in [-0.2, -0.15) is 0 Å². The first-order chi connectivity index (χ1) is 11.7. The summed E-state index contributed by atoms with van der Waals surface area (Å²) in [6.07, 6.45) is 0. The Hall–Kier alpha value is -2.67. The molecule has 0 aliphatic carbocycles. The van der Waals surface area contributed by atoms with Crippen molar-refractivity contribution in [1.82, 2.24) is 0 Å². The molecule has 7 heteroatoms. The Bertz CT molecular complexity index is 751. The summed E-state index contributed by atoms with van der Waals surface area (Å²) in [6.45, 7) is 1.11.